The Labute approximate surface area is 121 Å². The third-order valence-corrected chi connectivity index (χ3v) is 3.73. The van der Waals surface area contributed by atoms with Gasteiger partial charge in [0, 0.05) is 26.2 Å². The topological polar surface area (TPSA) is 35.5 Å². The number of rotatable bonds is 3. The Hall–Kier alpha value is -0.360. The van der Waals surface area contributed by atoms with Gasteiger partial charge < -0.3 is 10.4 Å². The molecule has 1 aromatic carbocycles. The zero-order valence-corrected chi connectivity index (χ0v) is 12.3. The number of hydrogen-bond acceptors (Lipinski definition) is 3. The van der Waals surface area contributed by atoms with Gasteiger partial charge in [-0.15, -0.1) is 12.4 Å². The van der Waals surface area contributed by atoms with Crippen LogP contribution in [0.4, 0.5) is 4.39 Å². The van der Waals surface area contributed by atoms with Gasteiger partial charge in [-0.25, -0.2) is 4.39 Å². The predicted octanol–water partition coefficient (Wildman–Crippen LogP) is 2.49. The second kappa shape index (κ2) is 7.28. The van der Waals surface area contributed by atoms with Crippen molar-refractivity contribution in [3.05, 3.63) is 28.2 Å². The zero-order chi connectivity index (χ0) is 12.3. The molecule has 18 heavy (non-hydrogen) atoms. The molecule has 1 aliphatic heterocycles. The lowest BCUT2D eigenvalue weighted by atomic mass is 10.1. The summed E-state index contributed by atoms with van der Waals surface area (Å²) in [7, 11) is 0. The van der Waals surface area contributed by atoms with Gasteiger partial charge in [-0.05, 0) is 33.6 Å². The molecule has 102 valence electrons. The number of hydrogen-bond donors (Lipinski definition) is 2. The summed E-state index contributed by atoms with van der Waals surface area (Å²) < 4.78 is 13.8. The van der Waals surface area contributed by atoms with Gasteiger partial charge in [0.05, 0.1) is 10.5 Å². The van der Waals surface area contributed by atoms with Crippen LogP contribution in [0, 0.1) is 0 Å². The lowest BCUT2D eigenvalue weighted by Gasteiger charge is -2.33. The number of nitrogens with one attached hydrogen (secondary N) is 1. The van der Waals surface area contributed by atoms with E-state index < -0.39 is 6.67 Å². The Bertz CT molecular complexity index is 388. The molecule has 2 N–H and O–H groups in total. The van der Waals surface area contributed by atoms with Crippen LogP contribution in [-0.4, -0.2) is 42.9 Å². The number of halogens is 3. The smallest absolute Gasteiger partial charge is 0.129 e. The molecule has 3 nitrogen and oxygen atoms in total. The maximum absolute atomic E-state index is 13.2. The molecule has 6 heteroatoms. The fourth-order valence-corrected chi connectivity index (χ4v) is 2.52. The molecule has 2 rings (SSSR count). The van der Waals surface area contributed by atoms with E-state index in [1.807, 2.05) is 0 Å². The van der Waals surface area contributed by atoms with Gasteiger partial charge in [0.1, 0.15) is 12.4 Å². The van der Waals surface area contributed by atoms with Crippen molar-refractivity contribution in [1.82, 2.24) is 10.2 Å². The molecule has 0 amide bonds. The molecule has 1 fully saturated rings. The molecule has 0 saturated carbocycles. The van der Waals surface area contributed by atoms with Crippen LogP contribution in [0.25, 0.3) is 0 Å². The first-order chi connectivity index (χ1) is 8.22. The summed E-state index contributed by atoms with van der Waals surface area (Å²) in [6.45, 7) is 3.10. The maximum Gasteiger partial charge on any atom is 0.129 e. The normalized spacial score (nSPS) is 18.1. The van der Waals surface area contributed by atoms with E-state index in [-0.39, 0.29) is 24.2 Å². The molecular weight excluding hydrogens is 322 g/mol. The average molecular weight is 340 g/mol. The van der Waals surface area contributed by atoms with E-state index >= 15 is 0 Å². The Morgan fingerprint density at radius 1 is 1.39 bits per heavy atom. The summed E-state index contributed by atoms with van der Waals surface area (Å²) in [5.41, 5.74) is 0.902. The average Bonchev–Trinajstić information content (AvgIpc) is 2.36. The number of alkyl halides is 1. The second-order valence-corrected chi connectivity index (χ2v) is 5.02. The maximum atomic E-state index is 13.2. The third kappa shape index (κ3) is 3.57. The molecule has 0 unspecified atom stereocenters. The highest BCUT2D eigenvalue weighted by molar-refractivity contribution is 9.10. The molecule has 1 saturated heterocycles. The predicted molar refractivity (Wildman–Crippen MR) is 76.2 cm³/mol. The van der Waals surface area contributed by atoms with E-state index in [0.29, 0.717) is 4.47 Å². The number of phenolic OH excluding ortho intramolecular Hbond substituents is 1. The number of nitrogens with zero attached hydrogens (tertiary/aromatic N) is 1. The van der Waals surface area contributed by atoms with Crippen molar-refractivity contribution in [2.45, 2.75) is 6.04 Å². The first-order valence-electron chi connectivity index (χ1n) is 5.71. The number of aromatic hydroxyl groups is 1. The van der Waals surface area contributed by atoms with E-state index in [0.717, 1.165) is 31.7 Å². The minimum absolute atomic E-state index is 0. The zero-order valence-electron chi connectivity index (χ0n) is 9.90. The highest BCUT2D eigenvalue weighted by Crippen LogP contribution is 2.29. The number of piperazine rings is 1. The molecule has 0 aromatic heterocycles. The van der Waals surface area contributed by atoms with Gasteiger partial charge in [0.25, 0.3) is 0 Å². The van der Waals surface area contributed by atoms with Gasteiger partial charge in [0.15, 0.2) is 0 Å². The summed E-state index contributed by atoms with van der Waals surface area (Å²) in [4.78, 5) is 2.13. The van der Waals surface area contributed by atoms with Gasteiger partial charge in [-0.2, -0.15) is 0 Å². The molecule has 0 spiro atoms. The number of benzene rings is 1. The van der Waals surface area contributed by atoms with Crippen molar-refractivity contribution in [3.63, 3.8) is 0 Å². The van der Waals surface area contributed by atoms with E-state index in [4.69, 9.17) is 0 Å². The van der Waals surface area contributed by atoms with E-state index in [2.05, 4.69) is 26.1 Å². The van der Waals surface area contributed by atoms with Crippen molar-refractivity contribution >= 4 is 28.3 Å². The van der Waals surface area contributed by atoms with Crippen LogP contribution < -0.4 is 5.32 Å². The van der Waals surface area contributed by atoms with Gasteiger partial charge in [-0.1, -0.05) is 6.07 Å². The summed E-state index contributed by atoms with van der Waals surface area (Å²) >= 11 is 3.26. The fraction of sp³-hybridized carbons (Fsp3) is 0.500. The van der Waals surface area contributed by atoms with Crippen LogP contribution in [0.15, 0.2) is 22.7 Å². The van der Waals surface area contributed by atoms with Crippen LogP contribution in [0.3, 0.4) is 0 Å². The van der Waals surface area contributed by atoms with Gasteiger partial charge >= 0.3 is 0 Å². The Balaban J connectivity index is 0.00000162. The third-order valence-electron chi connectivity index (χ3n) is 3.10. The summed E-state index contributed by atoms with van der Waals surface area (Å²) in [6, 6.07) is 4.96. The molecule has 1 atom stereocenters. The van der Waals surface area contributed by atoms with Crippen LogP contribution in [-0.2, 0) is 0 Å². The van der Waals surface area contributed by atoms with Crippen LogP contribution in [0.1, 0.15) is 11.6 Å². The largest absolute Gasteiger partial charge is 0.507 e. The molecule has 0 radical (unpaired) electrons. The van der Waals surface area contributed by atoms with Crippen molar-refractivity contribution < 1.29 is 9.50 Å². The van der Waals surface area contributed by atoms with E-state index in [1.165, 1.54) is 0 Å². The highest BCUT2D eigenvalue weighted by Gasteiger charge is 2.22. The first-order valence-corrected chi connectivity index (χ1v) is 6.51. The quantitative estimate of drug-likeness (QED) is 0.888. The van der Waals surface area contributed by atoms with Crippen molar-refractivity contribution in [2.75, 3.05) is 32.9 Å². The van der Waals surface area contributed by atoms with Gasteiger partial charge in [0.2, 0.25) is 0 Å². The van der Waals surface area contributed by atoms with E-state index in [1.54, 1.807) is 18.2 Å². The molecule has 1 heterocycles. The number of phenols is 1. The minimum atomic E-state index is -0.406. The van der Waals surface area contributed by atoms with Crippen LogP contribution in [0.2, 0.25) is 0 Å². The standard InChI is InChI=1S/C12H16BrFN2O.ClH/c13-10-7-9(1-2-12(10)17)11(8-14)16-5-3-15-4-6-16;/h1-2,7,11,15,17H,3-6,8H2;1H/t11-;/m1./s1. The fourth-order valence-electron chi connectivity index (χ4n) is 2.12. The molecule has 1 aliphatic rings. The summed E-state index contributed by atoms with van der Waals surface area (Å²) in [5.74, 6) is 0.187. The monoisotopic (exact) mass is 338 g/mol. The minimum Gasteiger partial charge on any atom is -0.507 e. The molecule has 0 aliphatic carbocycles. The lowest BCUT2D eigenvalue weighted by molar-refractivity contribution is 0.147. The Morgan fingerprint density at radius 3 is 2.61 bits per heavy atom. The summed E-state index contributed by atoms with van der Waals surface area (Å²) in [6.07, 6.45) is 0. The SMILES string of the molecule is Cl.Oc1ccc([C@@H](CF)N2CCNCC2)cc1Br. The summed E-state index contributed by atoms with van der Waals surface area (Å²) in [5, 5.41) is 12.7. The van der Waals surface area contributed by atoms with E-state index in [9.17, 15) is 9.50 Å². The molecule has 1 aromatic rings. The highest BCUT2D eigenvalue weighted by atomic mass is 79.9. The van der Waals surface area contributed by atoms with Crippen molar-refractivity contribution in [2.24, 2.45) is 0 Å². The second-order valence-electron chi connectivity index (χ2n) is 4.17. The molecular formula is C12H17BrClFN2O. The van der Waals surface area contributed by atoms with Crippen molar-refractivity contribution in [1.29, 1.82) is 0 Å². The molecule has 0 bridgehead atoms. The van der Waals surface area contributed by atoms with Crippen molar-refractivity contribution in [3.8, 4) is 5.75 Å². The lowest BCUT2D eigenvalue weighted by Crippen LogP contribution is -2.45. The Morgan fingerprint density at radius 2 is 2.06 bits per heavy atom. The first kappa shape index (κ1) is 15.7. The van der Waals surface area contributed by atoms with Crippen LogP contribution in [0.5, 0.6) is 5.75 Å². The van der Waals surface area contributed by atoms with Gasteiger partial charge in [-0.3, -0.25) is 4.90 Å². The Kier molecular flexibility index (Phi) is 6.35. The van der Waals surface area contributed by atoms with Crippen LogP contribution >= 0.6 is 28.3 Å².